The zero-order valence-corrected chi connectivity index (χ0v) is 19.5. The van der Waals surface area contributed by atoms with Crippen LogP contribution in [0.2, 0.25) is 0 Å². The van der Waals surface area contributed by atoms with Crippen LogP contribution in [0.15, 0.2) is 71.0 Å². The van der Waals surface area contributed by atoms with Crippen molar-refractivity contribution in [2.24, 2.45) is 17.1 Å². The smallest absolute Gasteiger partial charge is 0.229 e. The van der Waals surface area contributed by atoms with Gasteiger partial charge in [-0.15, -0.1) is 5.10 Å². The Morgan fingerprint density at radius 1 is 1.09 bits per heavy atom. The van der Waals surface area contributed by atoms with Crippen LogP contribution < -0.4 is 0 Å². The van der Waals surface area contributed by atoms with Gasteiger partial charge in [0.05, 0.1) is 19.1 Å². The lowest BCUT2D eigenvalue weighted by Gasteiger charge is -2.16. The first kappa shape index (κ1) is 24.4. The van der Waals surface area contributed by atoms with Crippen molar-refractivity contribution in [2.75, 3.05) is 20.2 Å². The fourth-order valence-corrected chi connectivity index (χ4v) is 3.18. The summed E-state index contributed by atoms with van der Waals surface area (Å²) >= 11 is 0. The van der Waals surface area contributed by atoms with Crippen molar-refractivity contribution in [1.29, 1.82) is 0 Å². The molecule has 3 aromatic rings. The third-order valence-corrected chi connectivity index (χ3v) is 5.25. The molecule has 9 nitrogen and oxygen atoms in total. The highest BCUT2D eigenvalue weighted by Gasteiger charge is 2.10. The van der Waals surface area contributed by atoms with E-state index in [-0.39, 0.29) is 12.4 Å². The number of imidazole rings is 1. The molecule has 0 radical (unpaired) electrons. The molecule has 0 unspecified atom stereocenters. The van der Waals surface area contributed by atoms with E-state index in [9.17, 15) is 9.59 Å². The number of hydrogen-bond donors (Lipinski definition) is 0. The molecule has 0 bridgehead atoms. The minimum Gasteiger partial charge on any atom is -0.482 e. The van der Waals surface area contributed by atoms with E-state index in [1.165, 1.54) is 23.4 Å². The quantitative estimate of drug-likeness (QED) is 0.190. The Balaban J connectivity index is 1.64. The van der Waals surface area contributed by atoms with E-state index in [0.717, 1.165) is 22.4 Å². The fourth-order valence-electron chi connectivity index (χ4n) is 3.18. The molecular formula is C25H28N6O3. The standard InChI is InChI=1S/C25H28N6O3/c1-20-25(26-16-29(20)2)27-17-30(18-32)15-24(34-3)28-31(19-33)13-12-21-8-7-11-23(14-21)22-9-5-4-6-10-22/h4-11,14,16-19H,12-13,15H2,1-3H3/b27-17?,28-24-. The van der Waals surface area contributed by atoms with Crippen molar-refractivity contribution in [2.45, 2.75) is 13.3 Å². The van der Waals surface area contributed by atoms with Crippen LogP contribution in [0.3, 0.4) is 0 Å². The van der Waals surface area contributed by atoms with Crippen molar-refractivity contribution in [1.82, 2.24) is 19.5 Å². The van der Waals surface area contributed by atoms with E-state index in [0.29, 0.717) is 31.6 Å². The molecule has 34 heavy (non-hydrogen) atoms. The Labute approximate surface area is 199 Å². The maximum absolute atomic E-state index is 11.6. The normalized spacial score (nSPS) is 11.4. The highest BCUT2D eigenvalue weighted by Crippen LogP contribution is 2.20. The van der Waals surface area contributed by atoms with Gasteiger partial charge in [0.1, 0.15) is 12.9 Å². The van der Waals surface area contributed by atoms with Crippen LogP contribution >= 0.6 is 0 Å². The molecule has 0 atom stereocenters. The first-order valence-electron chi connectivity index (χ1n) is 10.7. The predicted octanol–water partition coefficient (Wildman–Crippen LogP) is 3.17. The zero-order chi connectivity index (χ0) is 24.3. The van der Waals surface area contributed by atoms with Crippen molar-refractivity contribution < 1.29 is 14.3 Å². The highest BCUT2D eigenvalue weighted by atomic mass is 16.5. The van der Waals surface area contributed by atoms with Gasteiger partial charge in [-0.3, -0.25) is 14.5 Å². The fraction of sp³-hybridized carbons (Fsp3) is 0.240. The molecule has 1 heterocycles. The molecule has 2 amide bonds. The van der Waals surface area contributed by atoms with Crippen LogP contribution in [0.4, 0.5) is 5.82 Å². The SMILES string of the molecule is CO/C(CN(C=O)C=Nc1ncn(C)c1C)=N\N(C=O)CCc1cccc(-c2ccccc2)c1. The highest BCUT2D eigenvalue weighted by molar-refractivity contribution is 5.86. The molecule has 1 aromatic heterocycles. The van der Waals surface area contributed by atoms with Gasteiger partial charge in [0.2, 0.25) is 18.7 Å². The number of ether oxygens (including phenoxy) is 1. The molecule has 0 N–H and O–H groups in total. The molecule has 0 aliphatic rings. The molecule has 2 aromatic carbocycles. The summed E-state index contributed by atoms with van der Waals surface area (Å²) in [6.45, 7) is 2.25. The third-order valence-electron chi connectivity index (χ3n) is 5.25. The minimum atomic E-state index is 0.0171. The first-order valence-corrected chi connectivity index (χ1v) is 10.7. The Hall–Kier alpha value is -4.27. The number of benzene rings is 2. The number of amides is 2. The zero-order valence-electron chi connectivity index (χ0n) is 19.5. The van der Waals surface area contributed by atoms with E-state index in [2.05, 4.69) is 39.3 Å². The summed E-state index contributed by atoms with van der Waals surface area (Å²) in [6.07, 6.45) is 4.86. The van der Waals surface area contributed by atoms with Gasteiger partial charge in [0.15, 0.2) is 5.82 Å². The van der Waals surface area contributed by atoms with Gasteiger partial charge < -0.3 is 9.30 Å². The average molecular weight is 461 g/mol. The summed E-state index contributed by atoms with van der Waals surface area (Å²) < 4.78 is 7.12. The molecule has 176 valence electrons. The van der Waals surface area contributed by atoms with E-state index >= 15 is 0 Å². The van der Waals surface area contributed by atoms with Gasteiger partial charge >= 0.3 is 0 Å². The Morgan fingerprint density at radius 3 is 2.50 bits per heavy atom. The van der Waals surface area contributed by atoms with Gasteiger partial charge in [-0.2, -0.15) is 0 Å². The third kappa shape index (κ3) is 6.61. The molecule has 9 heteroatoms. The van der Waals surface area contributed by atoms with Crippen molar-refractivity contribution in [3.63, 3.8) is 0 Å². The van der Waals surface area contributed by atoms with Gasteiger partial charge in [0, 0.05) is 13.6 Å². The van der Waals surface area contributed by atoms with Crippen LogP contribution in [-0.4, -0.2) is 64.7 Å². The first-order chi connectivity index (χ1) is 16.5. The molecule has 0 saturated carbocycles. The van der Waals surface area contributed by atoms with Crippen molar-refractivity contribution >= 4 is 30.9 Å². The number of carbonyl (C=O) groups is 2. The topological polar surface area (TPSA) is 92.4 Å². The van der Waals surface area contributed by atoms with Gasteiger partial charge in [0.25, 0.3) is 0 Å². The minimum absolute atomic E-state index is 0.0171. The Bertz CT molecular complexity index is 1160. The van der Waals surface area contributed by atoms with Crippen LogP contribution in [0.5, 0.6) is 0 Å². The van der Waals surface area contributed by atoms with Gasteiger partial charge in [-0.1, -0.05) is 54.6 Å². The number of methoxy groups -OCH3 is 1. The second kappa shape index (κ2) is 12.1. The number of nitrogens with zero attached hydrogens (tertiary/aromatic N) is 6. The lowest BCUT2D eigenvalue weighted by atomic mass is 10.0. The van der Waals surface area contributed by atoms with E-state index < -0.39 is 0 Å². The number of aliphatic imine (C=N–C) groups is 1. The number of hydrazone groups is 1. The molecular weight excluding hydrogens is 432 g/mol. The lowest BCUT2D eigenvalue weighted by Crippen LogP contribution is -2.31. The average Bonchev–Trinajstić information content (AvgIpc) is 3.20. The molecule has 0 saturated heterocycles. The van der Waals surface area contributed by atoms with Crippen LogP contribution in [-0.2, 0) is 27.8 Å². The molecule has 0 fully saturated rings. The summed E-state index contributed by atoms with van der Waals surface area (Å²) in [6, 6.07) is 18.3. The van der Waals surface area contributed by atoms with Crippen LogP contribution in [0, 0.1) is 6.92 Å². The largest absolute Gasteiger partial charge is 0.482 e. The Kier molecular flexibility index (Phi) is 8.67. The van der Waals surface area contributed by atoms with E-state index in [1.807, 2.05) is 48.9 Å². The van der Waals surface area contributed by atoms with Crippen LogP contribution in [0.1, 0.15) is 11.3 Å². The lowest BCUT2D eigenvalue weighted by molar-refractivity contribution is -0.118. The molecule has 0 aliphatic heterocycles. The monoisotopic (exact) mass is 460 g/mol. The summed E-state index contributed by atoms with van der Waals surface area (Å²) in [7, 11) is 3.30. The number of carbonyl (C=O) groups excluding carboxylic acids is 2. The summed E-state index contributed by atoms with van der Waals surface area (Å²) in [5, 5.41) is 5.51. The van der Waals surface area contributed by atoms with Gasteiger partial charge in [-0.25, -0.2) is 15.0 Å². The maximum Gasteiger partial charge on any atom is 0.229 e. The number of aryl methyl sites for hydroxylation is 1. The van der Waals surface area contributed by atoms with Crippen molar-refractivity contribution in [3.05, 3.63) is 72.2 Å². The number of aromatic nitrogens is 2. The predicted molar refractivity (Wildman–Crippen MR) is 132 cm³/mol. The maximum atomic E-state index is 11.6. The number of rotatable bonds is 11. The van der Waals surface area contributed by atoms with E-state index in [1.54, 1.807) is 6.33 Å². The summed E-state index contributed by atoms with van der Waals surface area (Å²) in [4.78, 5) is 32.8. The second-order valence-corrected chi connectivity index (χ2v) is 7.57. The molecule has 0 spiro atoms. The van der Waals surface area contributed by atoms with Gasteiger partial charge in [-0.05, 0) is 30.0 Å². The van der Waals surface area contributed by atoms with Crippen LogP contribution in [0.25, 0.3) is 11.1 Å². The Morgan fingerprint density at radius 2 is 1.85 bits per heavy atom. The summed E-state index contributed by atoms with van der Waals surface area (Å²) in [5.41, 5.74) is 4.19. The molecule has 3 rings (SSSR count). The van der Waals surface area contributed by atoms with Crippen molar-refractivity contribution in [3.8, 4) is 11.1 Å². The molecule has 0 aliphatic carbocycles. The number of hydrogen-bond acceptors (Lipinski definition) is 6. The second-order valence-electron chi connectivity index (χ2n) is 7.57. The van der Waals surface area contributed by atoms with E-state index in [4.69, 9.17) is 4.74 Å². The summed E-state index contributed by atoms with van der Waals surface area (Å²) in [5.74, 6) is 0.707.